The molecule has 0 unspecified atom stereocenters. The fourth-order valence-corrected chi connectivity index (χ4v) is 3.48. The quantitative estimate of drug-likeness (QED) is 0.716. The normalized spacial score (nSPS) is 12.2. The lowest BCUT2D eigenvalue weighted by molar-refractivity contribution is 0.517. The van der Waals surface area contributed by atoms with Gasteiger partial charge < -0.3 is 10.3 Å². The maximum absolute atomic E-state index is 5.91. The van der Waals surface area contributed by atoms with E-state index in [-0.39, 0.29) is 5.41 Å². The fraction of sp³-hybridized carbons (Fsp3) is 0.353. The zero-order chi connectivity index (χ0) is 15.2. The van der Waals surface area contributed by atoms with Gasteiger partial charge in [-0.05, 0) is 42.1 Å². The molecule has 0 spiro atoms. The molecule has 2 heterocycles. The van der Waals surface area contributed by atoms with E-state index in [0.717, 1.165) is 29.1 Å². The van der Waals surface area contributed by atoms with Crippen molar-refractivity contribution < 1.29 is 0 Å². The van der Waals surface area contributed by atoms with E-state index in [4.69, 9.17) is 10.7 Å². The number of thiophene rings is 1. The number of nitrogen functional groups attached to an aromatic ring is 1. The van der Waals surface area contributed by atoms with Gasteiger partial charge in [0, 0.05) is 16.0 Å². The van der Waals surface area contributed by atoms with Gasteiger partial charge in [-0.3, -0.25) is 0 Å². The van der Waals surface area contributed by atoms with Crippen LogP contribution in [0.15, 0.2) is 29.6 Å². The number of benzene rings is 1. The molecule has 3 aromatic rings. The van der Waals surface area contributed by atoms with Crippen molar-refractivity contribution in [2.75, 3.05) is 5.73 Å². The van der Waals surface area contributed by atoms with Gasteiger partial charge >= 0.3 is 0 Å². The molecular formula is C17H21N3S. The predicted octanol–water partition coefficient (Wildman–Crippen LogP) is 4.33. The topological polar surface area (TPSA) is 43.8 Å². The van der Waals surface area contributed by atoms with E-state index < -0.39 is 0 Å². The third-order valence-electron chi connectivity index (χ3n) is 3.71. The molecule has 21 heavy (non-hydrogen) atoms. The van der Waals surface area contributed by atoms with E-state index >= 15 is 0 Å². The number of hydrogen-bond acceptors (Lipinski definition) is 3. The largest absolute Gasteiger partial charge is 0.399 e. The number of nitrogens with zero attached hydrogens (tertiary/aromatic N) is 2. The lowest BCUT2D eigenvalue weighted by atomic mass is 9.95. The average molecular weight is 299 g/mol. The number of fused-ring (bicyclic) bond motifs is 1. The van der Waals surface area contributed by atoms with Crippen LogP contribution >= 0.6 is 11.3 Å². The summed E-state index contributed by atoms with van der Waals surface area (Å²) in [4.78, 5) is 6.23. The highest BCUT2D eigenvalue weighted by Gasteiger charge is 2.23. The van der Waals surface area contributed by atoms with E-state index in [2.05, 4.69) is 49.8 Å². The van der Waals surface area contributed by atoms with Crippen molar-refractivity contribution in [1.82, 2.24) is 9.55 Å². The molecule has 0 amide bonds. The van der Waals surface area contributed by atoms with E-state index in [1.165, 1.54) is 10.4 Å². The summed E-state index contributed by atoms with van der Waals surface area (Å²) in [6.45, 7) is 9.65. The van der Waals surface area contributed by atoms with Gasteiger partial charge in [-0.2, -0.15) is 0 Å². The molecule has 0 saturated heterocycles. The molecule has 0 radical (unpaired) electrons. The minimum Gasteiger partial charge on any atom is -0.399 e. The number of nitrogens with two attached hydrogens (primary N) is 1. The minimum absolute atomic E-state index is 0.00105. The zero-order valence-electron chi connectivity index (χ0n) is 13.0. The Kier molecular flexibility index (Phi) is 3.29. The number of rotatable bonds is 2. The van der Waals surface area contributed by atoms with Crippen molar-refractivity contribution in [3.63, 3.8) is 0 Å². The average Bonchev–Trinajstić information content (AvgIpc) is 2.94. The molecule has 2 N–H and O–H groups in total. The van der Waals surface area contributed by atoms with Gasteiger partial charge in [-0.15, -0.1) is 11.3 Å². The second-order valence-electron chi connectivity index (χ2n) is 6.55. The summed E-state index contributed by atoms with van der Waals surface area (Å²) < 4.78 is 2.33. The molecule has 0 atom stereocenters. The first-order valence-corrected chi connectivity index (χ1v) is 8.03. The third-order valence-corrected chi connectivity index (χ3v) is 4.72. The lowest BCUT2D eigenvalue weighted by Crippen LogP contribution is -2.19. The van der Waals surface area contributed by atoms with Crippen molar-refractivity contribution >= 4 is 28.1 Å². The number of aromatic nitrogens is 2. The van der Waals surface area contributed by atoms with Crippen LogP contribution in [0.4, 0.5) is 5.69 Å². The van der Waals surface area contributed by atoms with Crippen LogP contribution in [0.5, 0.6) is 0 Å². The van der Waals surface area contributed by atoms with Gasteiger partial charge in [-0.1, -0.05) is 20.8 Å². The Morgan fingerprint density at radius 2 is 2.00 bits per heavy atom. The molecule has 3 nitrogen and oxygen atoms in total. The SMILES string of the molecule is Cc1ccsc1Cn1c(C(C)(C)C)nc2cc(N)ccc21. The van der Waals surface area contributed by atoms with Crippen LogP contribution in [0.2, 0.25) is 0 Å². The molecule has 0 bridgehead atoms. The smallest absolute Gasteiger partial charge is 0.115 e. The molecule has 1 aromatic carbocycles. The predicted molar refractivity (Wildman–Crippen MR) is 91.0 cm³/mol. The summed E-state index contributed by atoms with van der Waals surface area (Å²) in [6.07, 6.45) is 0. The summed E-state index contributed by atoms with van der Waals surface area (Å²) >= 11 is 1.81. The van der Waals surface area contributed by atoms with Crippen LogP contribution in [0, 0.1) is 6.92 Å². The number of aryl methyl sites for hydroxylation is 1. The molecule has 0 aliphatic rings. The van der Waals surface area contributed by atoms with Crippen LogP contribution in [0.25, 0.3) is 11.0 Å². The molecule has 2 aromatic heterocycles. The van der Waals surface area contributed by atoms with Crippen molar-refractivity contribution in [1.29, 1.82) is 0 Å². The Balaban J connectivity index is 2.20. The van der Waals surface area contributed by atoms with Crippen LogP contribution in [-0.2, 0) is 12.0 Å². The van der Waals surface area contributed by atoms with Crippen molar-refractivity contribution in [2.45, 2.75) is 39.7 Å². The summed E-state index contributed by atoms with van der Waals surface area (Å²) in [5.74, 6) is 1.11. The molecule has 0 aliphatic carbocycles. The highest BCUT2D eigenvalue weighted by atomic mass is 32.1. The Bertz CT molecular complexity index is 790. The van der Waals surface area contributed by atoms with E-state index in [9.17, 15) is 0 Å². The molecular weight excluding hydrogens is 278 g/mol. The highest BCUT2D eigenvalue weighted by molar-refractivity contribution is 7.10. The number of imidazole rings is 1. The first-order chi connectivity index (χ1) is 9.86. The van der Waals surface area contributed by atoms with Gasteiger partial charge in [0.15, 0.2) is 0 Å². The van der Waals surface area contributed by atoms with Gasteiger partial charge in [0.25, 0.3) is 0 Å². The van der Waals surface area contributed by atoms with Gasteiger partial charge in [0.1, 0.15) is 5.82 Å². The van der Waals surface area contributed by atoms with Crippen molar-refractivity contribution in [2.24, 2.45) is 0 Å². The summed E-state index contributed by atoms with van der Waals surface area (Å²) in [7, 11) is 0. The Morgan fingerprint density at radius 1 is 1.24 bits per heavy atom. The Labute approximate surface area is 129 Å². The van der Waals surface area contributed by atoms with E-state index in [0.29, 0.717) is 0 Å². The fourth-order valence-electron chi connectivity index (χ4n) is 2.59. The third kappa shape index (κ3) is 2.56. The van der Waals surface area contributed by atoms with Crippen LogP contribution in [-0.4, -0.2) is 9.55 Å². The highest BCUT2D eigenvalue weighted by Crippen LogP contribution is 2.29. The van der Waals surface area contributed by atoms with Gasteiger partial charge in [0.05, 0.1) is 17.6 Å². The zero-order valence-corrected chi connectivity index (χ0v) is 13.8. The molecule has 3 rings (SSSR count). The van der Waals surface area contributed by atoms with Crippen LogP contribution in [0.1, 0.15) is 37.0 Å². The Morgan fingerprint density at radius 3 is 2.62 bits per heavy atom. The maximum Gasteiger partial charge on any atom is 0.115 e. The van der Waals surface area contributed by atoms with Crippen molar-refractivity contribution in [3.8, 4) is 0 Å². The summed E-state index contributed by atoms with van der Waals surface area (Å²) in [6, 6.07) is 8.17. The van der Waals surface area contributed by atoms with Crippen LogP contribution in [0.3, 0.4) is 0 Å². The standard InChI is InChI=1S/C17H21N3S/c1-11-7-8-21-15(11)10-20-14-6-5-12(18)9-13(14)19-16(20)17(2,3)4/h5-9H,10,18H2,1-4H3. The van der Waals surface area contributed by atoms with E-state index in [1.807, 2.05) is 12.1 Å². The second kappa shape index (κ2) is 4.88. The monoisotopic (exact) mass is 299 g/mol. The minimum atomic E-state index is -0.00105. The Hall–Kier alpha value is -1.81. The molecule has 0 saturated carbocycles. The van der Waals surface area contributed by atoms with E-state index in [1.54, 1.807) is 11.3 Å². The van der Waals surface area contributed by atoms with Gasteiger partial charge in [0.2, 0.25) is 0 Å². The van der Waals surface area contributed by atoms with Crippen LogP contribution < -0.4 is 5.73 Å². The molecule has 0 fully saturated rings. The molecule has 0 aliphatic heterocycles. The maximum atomic E-state index is 5.91. The summed E-state index contributed by atoms with van der Waals surface area (Å²) in [5, 5.41) is 2.15. The van der Waals surface area contributed by atoms with Crippen molar-refractivity contribution in [3.05, 3.63) is 45.9 Å². The molecule has 110 valence electrons. The number of hydrogen-bond donors (Lipinski definition) is 1. The first-order valence-electron chi connectivity index (χ1n) is 7.15. The second-order valence-corrected chi connectivity index (χ2v) is 7.55. The molecule has 4 heteroatoms. The number of anilines is 1. The lowest BCUT2D eigenvalue weighted by Gasteiger charge is -2.20. The first kappa shape index (κ1) is 14.1. The van der Waals surface area contributed by atoms with Gasteiger partial charge in [-0.25, -0.2) is 4.98 Å². The summed E-state index contributed by atoms with van der Waals surface area (Å²) in [5.41, 5.74) is 10.1.